The predicted molar refractivity (Wildman–Crippen MR) is 38.5 cm³/mol. The molecule has 1 aliphatic rings. The number of carbonyl (C=O) groups excluding carboxylic acids is 1. The molecule has 2 heteroatoms. The lowest BCUT2D eigenvalue weighted by Gasteiger charge is -1.99. The first kappa shape index (κ1) is 8.63. The number of rotatable bonds is 0. The number of likely N-dealkylation sites (tertiary alicyclic amines) is 1. The number of Topliss-reactive ketones (excluding diaryl/α,β-unsaturated/α-hetero) is 1. The van der Waals surface area contributed by atoms with Crippen LogP contribution in [0.25, 0.3) is 0 Å². The van der Waals surface area contributed by atoms with Crippen molar-refractivity contribution in [3.8, 4) is 0 Å². The van der Waals surface area contributed by atoms with E-state index in [1.807, 2.05) is 25.8 Å². The summed E-state index contributed by atoms with van der Waals surface area (Å²) in [5.41, 5.74) is 0. The number of hydrogen-bond acceptors (Lipinski definition) is 2. The van der Waals surface area contributed by atoms with Crippen LogP contribution in [0.1, 0.15) is 20.3 Å². The molecule has 1 fully saturated rings. The molecule has 0 aromatic carbocycles. The molecule has 2 nitrogen and oxygen atoms in total. The van der Waals surface area contributed by atoms with Crippen molar-refractivity contribution in [3.05, 3.63) is 0 Å². The first-order valence-corrected chi connectivity index (χ1v) is 3.49. The number of nitrogens with zero attached hydrogens (tertiary/aromatic N) is 1. The van der Waals surface area contributed by atoms with Crippen molar-refractivity contribution in [1.29, 1.82) is 0 Å². The van der Waals surface area contributed by atoms with E-state index in [1.165, 1.54) is 0 Å². The topological polar surface area (TPSA) is 20.3 Å². The van der Waals surface area contributed by atoms with Gasteiger partial charge in [0.25, 0.3) is 0 Å². The zero-order valence-corrected chi connectivity index (χ0v) is 6.48. The molecule has 1 heterocycles. The highest BCUT2D eigenvalue weighted by atomic mass is 16.1. The van der Waals surface area contributed by atoms with Crippen LogP contribution in [-0.2, 0) is 4.79 Å². The zero-order valence-electron chi connectivity index (χ0n) is 6.48. The summed E-state index contributed by atoms with van der Waals surface area (Å²) >= 11 is 0. The summed E-state index contributed by atoms with van der Waals surface area (Å²) in [4.78, 5) is 12.4. The first-order chi connectivity index (χ1) is 4.29. The van der Waals surface area contributed by atoms with Crippen LogP contribution >= 0.6 is 0 Å². The van der Waals surface area contributed by atoms with E-state index in [1.54, 1.807) is 0 Å². The highest BCUT2D eigenvalue weighted by molar-refractivity contribution is 5.82. The summed E-state index contributed by atoms with van der Waals surface area (Å²) in [6.07, 6.45) is 0.760. The van der Waals surface area contributed by atoms with Gasteiger partial charge in [0.1, 0.15) is 5.78 Å². The minimum absolute atomic E-state index is 0.377. The molecule has 0 amide bonds. The molecule has 0 saturated carbocycles. The monoisotopic (exact) mass is 129 g/mol. The summed E-state index contributed by atoms with van der Waals surface area (Å²) in [6, 6.07) is 0. The highest BCUT2D eigenvalue weighted by Crippen LogP contribution is 1.98. The molecule has 0 atom stereocenters. The Morgan fingerprint density at radius 1 is 1.44 bits per heavy atom. The summed E-state index contributed by atoms with van der Waals surface area (Å²) < 4.78 is 0. The number of hydrogen-bond donors (Lipinski definition) is 0. The molecule has 0 spiro atoms. The van der Waals surface area contributed by atoms with Gasteiger partial charge in [0.2, 0.25) is 0 Å². The molecule has 0 radical (unpaired) electrons. The van der Waals surface area contributed by atoms with E-state index in [0.717, 1.165) is 13.0 Å². The summed E-state index contributed by atoms with van der Waals surface area (Å²) in [6.45, 7) is 5.62. The van der Waals surface area contributed by atoms with Gasteiger partial charge in [-0.25, -0.2) is 0 Å². The molecule has 0 bridgehead atoms. The maximum absolute atomic E-state index is 10.4. The standard InChI is InChI=1S/C5H9NO.C2H6/c1-6-3-2-5(7)4-6;1-2/h2-4H2,1H3;1-2H3. The Morgan fingerprint density at radius 2 is 2.00 bits per heavy atom. The van der Waals surface area contributed by atoms with Crippen LogP contribution < -0.4 is 0 Å². The van der Waals surface area contributed by atoms with Crippen LogP contribution in [0.4, 0.5) is 0 Å². The van der Waals surface area contributed by atoms with Gasteiger partial charge in [-0.15, -0.1) is 0 Å². The molecule has 0 aromatic rings. The lowest BCUT2D eigenvalue weighted by atomic mass is 10.4. The van der Waals surface area contributed by atoms with E-state index in [2.05, 4.69) is 0 Å². The third-order valence-corrected chi connectivity index (χ3v) is 1.22. The van der Waals surface area contributed by atoms with Crippen molar-refractivity contribution < 1.29 is 4.79 Å². The average molecular weight is 129 g/mol. The van der Waals surface area contributed by atoms with Crippen LogP contribution in [0.5, 0.6) is 0 Å². The maximum Gasteiger partial charge on any atom is 0.148 e. The van der Waals surface area contributed by atoms with Crippen molar-refractivity contribution in [2.45, 2.75) is 20.3 Å². The van der Waals surface area contributed by atoms with Gasteiger partial charge in [-0.05, 0) is 7.05 Å². The molecular weight excluding hydrogens is 114 g/mol. The van der Waals surface area contributed by atoms with Crippen LogP contribution in [0.3, 0.4) is 0 Å². The van der Waals surface area contributed by atoms with Gasteiger partial charge >= 0.3 is 0 Å². The van der Waals surface area contributed by atoms with Gasteiger partial charge in [0, 0.05) is 13.0 Å². The Bertz CT molecular complexity index is 90.9. The summed E-state index contributed by atoms with van der Waals surface area (Å²) in [7, 11) is 1.96. The van der Waals surface area contributed by atoms with Gasteiger partial charge < -0.3 is 0 Å². The van der Waals surface area contributed by atoms with Gasteiger partial charge in [-0.3, -0.25) is 9.69 Å². The Morgan fingerprint density at radius 3 is 2.11 bits per heavy atom. The van der Waals surface area contributed by atoms with E-state index in [0.29, 0.717) is 12.3 Å². The quantitative estimate of drug-likeness (QED) is 0.484. The number of ketones is 1. The van der Waals surface area contributed by atoms with E-state index < -0.39 is 0 Å². The Hall–Kier alpha value is -0.370. The fourth-order valence-corrected chi connectivity index (χ4v) is 0.775. The molecule has 1 saturated heterocycles. The van der Waals surface area contributed by atoms with Crippen LogP contribution in [-0.4, -0.2) is 30.8 Å². The SMILES string of the molecule is CC.CN1CCC(=O)C1. The molecule has 0 aromatic heterocycles. The fraction of sp³-hybridized carbons (Fsp3) is 0.857. The van der Waals surface area contributed by atoms with Gasteiger partial charge in [0.15, 0.2) is 0 Å². The minimum Gasteiger partial charge on any atom is -0.299 e. The number of carbonyl (C=O) groups is 1. The largest absolute Gasteiger partial charge is 0.299 e. The third kappa shape index (κ3) is 3.25. The lowest BCUT2D eigenvalue weighted by molar-refractivity contribution is -0.116. The Kier molecular flexibility index (Phi) is 4.32. The van der Waals surface area contributed by atoms with Crippen molar-refractivity contribution in [2.75, 3.05) is 20.1 Å². The molecule has 1 aliphatic heterocycles. The molecule has 0 aliphatic carbocycles. The van der Waals surface area contributed by atoms with Gasteiger partial charge in [-0.2, -0.15) is 0 Å². The smallest absolute Gasteiger partial charge is 0.148 e. The average Bonchev–Trinajstić information content (AvgIpc) is 2.20. The van der Waals surface area contributed by atoms with Crippen molar-refractivity contribution >= 4 is 5.78 Å². The van der Waals surface area contributed by atoms with E-state index in [9.17, 15) is 4.79 Å². The second-order valence-corrected chi connectivity index (χ2v) is 2.03. The Labute approximate surface area is 56.9 Å². The van der Waals surface area contributed by atoms with Gasteiger partial charge in [-0.1, -0.05) is 13.8 Å². The predicted octanol–water partition coefficient (Wildman–Crippen LogP) is 0.917. The molecular formula is C7H15NO. The Balaban J connectivity index is 0.000000291. The second kappa shape index (κ2) is 4.50. The fourth-order valence-electron chi connectivity index (χ4n) is 0.775. The molecule has 54 valence electrons. The molecule has 1 rings (SSSR count). The first-order valence-electron chi connectivity index (χ1n) is 3.49. The summed E-state index contributed by atoms with van der Waals surface area (Å²) in [5.74, 6) is 0.377. The van der Waals surface area contributed by atoms with Crippen LogP contribution in [0.15, 0.2) is 0 Å². The third-order valence-electron chi connectivity index (χ3n) is 1.22. The van der Waals surface area contributed by atoms with Crippen molar-refractivity contribution in [3.63, 3.8) is 0 Å². The molecule has 0 unspecified atom stereocenters. The maximum atomic E-state index is 10.4. The van der Waals surface area contributed by atoms with Crippen LogP contribution in [0, 0.1) is 0 Å². The van der Waals surface area contributed by atoms with E-state index in [4.69, 9.17) is 0 Å². The molecule has 0 N–H and O–H groups in total. The van der Waals surface area contributed by atoms with E-state index >= 15 is 0 Å². The lowest BCUT2D eigenvalue weighted by Crippen LogP contribution is -2.13. The van der Waals surface area contributed by atoms with Crippen LogP contribution in [0.2, 0.25) is 0 Å². The van der Waals surface area contributed by atoms with Gasteiger partial charge in [0.05, 0.1) is 6.54 Å². The normalized spacial score (nSPS) is 19.2. The number of likely N-dealkylation sites (N-methyl/N-ethyl adjacent to an activating group) is 1. The second-order valence-electron chi connectivity index (χ2n) is 2.03. The summed E-state index contributed by atoms with van der Waals surface area (Å²) in [5, 5.41) is 0. The highest BCUT2D eigenvalue weighted by Gasteiger charge is 2.13. The zero-order chi connectivity index (χ0) is 7.28. The van der Waals surface area contributed by atoms with Crippen molar-refractivity contribution in [2.24, 2.45) is 0 Å². The molecule has 9 heavy (non-hydrogen) atoms. The van der Waals surface area contributed by atoms with E-state index in [-0.39, 0.29) is 0 Å². The minimum atomic E-state index is 0.377. The van der Waals surface area contributed by atoms with Crippen molar-refractivity contribution in [1.82, 2.24) is 4.90 Å².